The quantitative estimate of drug-likeness (QED) is 0.0575. The molecule has 0 aromatic heterocycles. The van der Waals surface area contributed by atoms with E-state index in [0.717, 1.165) is 16.3 Å². The molecule has 3 aromatic rings. The molecule has 4 rings (SSSR count). The van der Waals surface area contributed by atoms with Crippen LogP contribution in [-0.2, 0) is 25.6 Å². The summed E-state index contributed by atoms with van der Waals surface area (Å²) >= 11 is 17.4. The highest BCUT2D eigenvalue weighted by Crippen LogP contribution is 2.35. The minimum absolute atomic E-state index is 0.204. The Bertz CT molecular complexity index is 1360. The first-order chi connectivity index (χ1) is 18.7. The topological polar surface area (TPSA) is 127 Å². The second-order valence-electron chi connectivity index (χ2n) is 8.96. The number of ether oxygens (including phenoxy) is 4. The molecular weight excluding hydrogens is 567 g/mol. The maximum Gasteiger partial charge on any atom is 0.338 e. The fourth-order valence-electron chi connectivity index (χ4n) is 4.34. The number of azide groups is 1. The van der Waals surface area contributed by atoms with Gasteiger partial charge < -0.3 is 18.9 Å². The number of esters is 1. The number of rotatable bonds is 8. The highest BCUT2D eigenvalue weighted by molar-refractivity contribution is 6.76. The average molecular weight is 592 g/mol. The van der Waals surface area contributed by atoms with Crippen LogP contribution in [0.15, 0.2) is 77.9 Å². The maximum absolute atomic E-state index is 12.6. The monoisotopic (exact) mass is 590 g/mol. The van der Waals surface area contributed by atoms with E-state index in [1.54, 1.807) is 37.3 Å². The van der Waals surface area contributed by atoms with Gasteiger partial charge >= 0.3 is 5.97 Å². The number of hydrogen-bond donors (Lipinski definition) is 1. The minimum atomic E-state index is -2.16. The van der Waals surface area contributed by atoms with Crippen molar-refractivity contribution < 1.29 is 23.7 Å². The normalized spacial score (nSPS) is 23.0. The van der Waals surface area contributed by atoms with Crippen molar-refractivity contribution in [2.75, 3.05) is 6.61 Å². The van der Waals surface area contributed by atoms with Crippen LogP contribution < -0.4 is 0 Å². The zero-order valence-corrected chi connectivity index (χ0v) is 23.0. The summed E-state index contributed by atoms with van der Waals surface area (Å²) < 4.78 is 21.2. The molecular formula is C27H25Cl3N4O5. The molecule has 5 atom stereocenters. The van der Waals surface area contributed by atoms with Crippen LogP contribution >= 0.6 is 34.8 Å². The molecule has 1 saturated heterocycles. The van der Waals surface area contributed by atoms with Crippen molar-refractivity contribution in [3.05, 3.63) is 94.4 Å². The molecule has 1 aliphatic heterocycles. The Kier molecular flexibility index (Phi) is 9.56. The Morgan fingerprint density at radius 1 is 1.08 bits per heavy atom. The van der Waals surface area contributed by atoms with Crippen molar-refractivity contribution in [2.24, 2.45) is 11.0 Å². The van der Waals surface area contributed by atoms with E-state index in [2.05, 4.69) is 10.0 Å². The molecule has 0 radical (unpaired) electrons. The van der Waals surface area contributed by atoms with Gasteiger partial charge in [0, 0.05) is 4.91 Å². The van der Waals surface area contributed by atoms with Crippen molar-refractivity contribution in [1.29, 1.82) is 5.41 Å². The van der Waals surface area contributed by atoms with Gasteiger partial charge in [-0.05, 0) is 46.0 Å². The van der Waals surface area contributed by atoms with E-state index in [-0.39, 0.29) is 13.2 Å². The number of hydrogen-bond acceptors (Lipinski definition) is 7. The molecule has 9 nitrogen and oxygen atoms in total. The average Bonchev–Trinajstić information content (AvgIpc) is 2.93. The van der Waals surface area contributed by atoms with Crippen molar-refractivity contribution in [3.8, 4) is 0 Å². The maximum atomic E-state index is 12.6. The number of benzene rings is 3. The number of halogens is 3. The molecule has 0 amide bonds. The molecule has 0 bridgehead atoms. The predicted octanol–water partition coefficient (Wildman–Crippen LogP) is 6.99. The van der Waals surface area contributed by atoms with E-state index < -0.39 is 46.1 Å². The fraction of sp³-hybridized carbons (Fsp3) is 0.333. The molecule has 0 spiro atoms. The van der Waals surface area contributed by atoms with Crippen molar-refractivity contribution in [3.63, 3.8) is 0 Å². The number of fused-ring (bicyclic) bond motifs is 1. The summed E-state index contributed by atoms with van der Waals surface area (Å²) in [5.74, 6) is -1.76. The number of nitrogens with zero attached hydrogens (tertiary/aromatic N) is 3. The van der Waals surface area contributed by atoms with Crippen LogP contribution in [0.5, 0.6) is 0 Å². The van der Waals surface area contributed by atoms with Gasteiger partial charge in [-0.25, -0.2) is 4.79 Å². The Labute approximate surface area is 240 Å². The second kappa shape index (κ2) is 12.9. The molecule has 1 N–H and O–H groups in total. The van der Waals surface area contributed by atoms with Gasteiger partial charge in [-0.2, -0.15) is 0 Å². The van der Waals surface area contributed by atoms with Gasteiger partial charge in [0.05, 0.1) is 18.3 Å². The van der Waals surface area contributed by atoms with E-state index >= 15 is 0 Å². The zero-order valence-electron chi connectivity index (χ0n) is 20.7. The Hall–Kier alpha value is -3.04. The van der Waals surface area contributed by atoms with Gasteiger partial charge in [0.2, 0.25) is 12.2 Å². The van der Waals surface area contributed by atoms with Gasteiger partial charge in [0.15, 0.2) is 0 Å². The second-order valence-corrected chi connectivity index (χ2v) is 11.2. The lowest BCUT2D eigenvalue weighted by atomic mass is 9.89. The summed E-state index contributed by atoms with van der Waals surface area (Å²) in [6.45, 7) is 1.80. The lowest BCUT2D eigenvalue weighted by Crippen LogP contribution is -2.56. The Morgan fingerprint density at radius 3 is 2.46 bits per heavy atom. The smallest absolute Gasteiger partial charge is 0.338 e. The highest BCUT2D eigenvalue weighted by Gasteiger charge is 2.47. The SMILES string of the molecule is C[C@H]1C(OCc2ccc3ccccc3c2)C(COC(=O)c2ccccc2)OC(OC(=N)C(Cl)(Cl)Cl)[C@H]1N=[N+]=[N-]. The first-order valence-electron chi connectivity index (χ1n) is 12.0. The Morgan fingerprint density at radius 2 is 1.77 bits per heavy atom. The number of alkyl halides is 3. The van der Waals surface area contributed by atoms with Gasteiger partial charge in [0.25, 0.3) is 3.79 Å². The van der Waals surface area contributed by atoms with Crippen molar-refractivity contribution in [2.45, 2.75) is 41.9 Å². The number of carbonyl (C=O) groups is 1. The first-order valence-corrected chi connectivity index (χ1v) is 13.1. The lowest BCUT2D eigenvalue weighted by Gasteiger charge is -2.43. The molecule has 3 aromatic carbocycles. The molecule has 1 aliphatic rings. The third-order valence-corrected chi connectivity index (χ3v) is 6.85. The van der Waals surface area contributed by atoms with Gasteiger partial charge in [-0.1, -0.05) is 101 Å². The molecule has 204 valence electrons. The summed E-state index contributed by atoms with van der Waals surface area (Å²) in [5.41, 5.74) is 10.5. The van der Waals surface area contributed by atoms with E-state index in [9.17, 15) is 10.3 Å². The summed E-state index contributed by atoms with van der Waals surface area (Å²) in [5, 5.41) is 14.0. The Balaban J connectivity index is 1.56. The zero-order chi connectivity index (χ0) is 28.0. The summed E-state index contributed by atoms with van der Waals surface area (Å²) in [6.07, 6.45) is -2.83. The third kappa shape index (κ3) is 7.33. The van der Waals surface area contributed by atoms with Crippen LogP contribution in [0.25, 0.3) is 21.2 Å². The fourth-order valence-corrected chi connectivity index (χ4v) is 4.47. The van der Waals surface area contributed by atoms with Crippen LogP contribution in [0.4, 0.5) is 0 Å². The van der Waals surface area contributed by atoms with Crippen LogP contribution in [0.2, 0.25) is 0 Å². The minimum Gasteiger partial charge on any atom is -0.459 e. The summed E-state index contributed by atoms with van der Waals surface area (Å²) in [6, 6.07) is 21.5. The van der Waals surface area contributed by atoms with E-state index in [0.29, 0.717) is 5.56 Å². The predicted molar refractivity (Wildman–Crippen MR) is 149 cm³/mol. The van der Waals surface area contributed by atoms with Crippen LogP contribution in [-0.4, -0.2) is 46.8 Å². The van der Waals surface area contributed by atoms with Gasteiger partial charge in [0.1, 0.15) is 18.8 Å². The van der Waals surface area contributed by atoms with E-state index in [4.69, 9.17) is 59.2 Å². The van der Waals surface area contributed by atoms with Crippen molar-refractivity contribution in [1.82, 2.24) is 0 Å². The number of nitrogens with one attached hydrogen (secondary N) is 1. The molecule has 1 heterocycles. The molecule has 3 unspecified atom stereocenters. The van der Waals surface area contributed by atoms with E-state index in [1.807, 2.05) is 42.5 Å². The lowest BCUT2D eigenvalue weighted by molar-refractivity contribution is -0.240. The molecule has 1 fully saturated rings. The largest absolute Gasteiger partial charge is 0.459 e. The molecule has 0 saturated carbocycles. The van der Waals surface area contributed by atoms with Gasteiger partial charge in [-0.3, -0.25) is 5.41 Å². The summed E-state index contributed by atoms with van der Waals surface area (Å²) in [7, 11) is 0. The third-order valence-electron chi connectivity index (χ3n) is 6.33. The standard InChI is InChI=1S/C27H25Cl3N4O5/c1-16-22(33-34-32)25(39-26(31)27(28,29)30)38-21(15-37-24(35)19-8-3-2-4-9-19)23(16)36-14-17-11-12-18-7-5-6-10-20(18)13-17/h2-13,16,21-23,25,31H,14-15H2,1H3/t16-,21?,22+,23?,25?/m1/s1. The molecule has 39 heavy (non-hydrogen) atoms. The number of carbonyl (C=O) groups excluding carboxylic acids is 1. The van der Waals surface area contributed by atoms with Crippen LogP contribution in [0.3, 0.4) is 0 Å². The summed E-state index contributed by atoms with van der Waals surface area (Å²) in [4.78, 5) is 15.5. The van der Waals surface area contributed by atoms with Gasteiger partial charge in [-0.15, -0.1) is 0 Å². The van der Waals surface area contributed by atoms with Crippen LogP contribution in [0, 0.1) is 11.3 Å². The molecule has 12 heteroatoms. The first kappa shape index (κ1) is 29.0. The van der Waals surface area contributed by atoms with Crippen LogP contribution in [0.1, 0.15) is 22.8 Å². The highest BCUT2D eigenvalue weighted by atomic mass is 35.6. The van der Waals surface area contributed by atoms with E-state index in [1.165, 1.54) is 0 Å². The molecule has 0 aliphatic carbocycles. The van der Waals surface area contributed by atoms with Crippen molar-refractivity contribution >= 4 is 57.4 Å².